The zero-order chi connectivity index (χ0) is 17.4. The summed E-state index contributed by atoms with van der Waals surface area (Å²) in [4.78, 5) is 18.3. The minimum absolute atomic E-state index is 0.102. The van der Waals surface area contributed by atoms with Gasteiger partial charge in [0.05, 0.1) is 14.2 Å². The van der Waals surface area contributed by atoms with Gasteiger partial charge in [-0.2, -0.15) is 27.5 Å². The standard InChI is InChI=1S/C13H11F4N3O3/c1-20-5-6(4-7(20)12(21)23-3)10-18-9(14)8(13(15,16)17)11(19-10)22-2/h4-5H,1-3H3. The van der Waals surface area contributed by atoms with Gasteiger partial charge in [0.25, 0.3) is 0 Å². The highest BCUT2D eigenvalue weighted by molar-refractivity contribution is 5.89. The van der Waals surface area contributed by atoms with E-state index in [-0.39, 0.29) is 17.1 Å². The molecule has 10 heteroatoms. The van der Waals surface area contributed by atoms with Crippen LogP contribution in [0.5, 0.6) is 5.88 Å². The SMILES string of the molecule is COC(=O)c1cc(-c2nc(F)c(C(F)(F)F)c(OC)n2)cn1C. The summed E-state index contributed by atoms with van der Waals surface area (Å²) in [7, 11) is 3.62. The molecule has 0 bridgehead atoms. The Morgan fingerprint density at radius 2 is 1.91 bits per heavy atom. The van der Waals surface area contributed by atoms with Gasteiger partial charge in [-0.1, -0.05) is 0 Å². The monoisotopic (exact) mass is 333 g/mol. The van der Waals surface area contributed by atoms with E-state index in [1.165, 1.54) is 31.0 Å². The number of hydrogen-bond donors (Lipinski definition) is 0. The fraction of sp³-hybridized carbons (Fsp3) is 0.308. The van der Waals surface area contributed by atoms with E-state index >= 15 is 0 Å². The quantitative estimate of drug-likeness (QED) is 0.490. The molecule has 0 fully saturated rings. The predicted octanol–water partition coefficient (Wildman–Crippen LogP) is 2.44. The zero-order valence-corrected chi connectivity index (χ0v) is 12.2. The summed E-state index contributed by atoms with van der Waals surface area (Å²) in [6, 6.07) is 1.27. The van der Waals surface area contributed by atoms with Crippen molar-refractivity contribution < 1.29 is 31.8 Å². The van der Waals surface area contributed by atoms with Gasteiger partial charge in [-0.25, -0.2) is 4.79 Å². The van der Waals surface area contributed by atoms with Gasteiger partial charge in [0, 0.05) is 18.8 Å². The van der Waals surface area contributed by atoms with Crippen molar-refractivity contribution in [3.05, 3.63) is 29.5 Å². The number of esters is 1. The van der Waals surface area contributed by atoms with Crippen LogP contribution in [0.4, 0.5) is 17.6 Å². The molecule has 0 saturated carbocycles. The maximum Gasteiger partial charge on any atom is 0.426 e. The number of carbonyl (C=O) groups is 1. The van der Waals surface area contributed by atoms with Crippen LogP contribution in [0, 0.1) is 5.95 Å². The molecule has 0 aliphatic heterocycles. The Bertz CT molecular complexity index is 756. The Labute approximate surface area is 127 Å². The number of rotatable bonds is 3. The molecule has 2 aromatic rings. The molecule has 0 spiro atoms. The van der Waals surface area contributed by atoms with Crippen LogP contribution in [0.25, 0.3) is 11.4 Å². The second-order valence-corrected chi connectivity index (χ2v) is 4.44. The molecule has 0 atom stereocenters. The molecule has 0 saturated heterocycles. The number of nitrogens with zero attached hydrogens (tertiary/aromatic N) is 3. The van der Waals surface area contributed by atoms with Crippen molar-refractivity contribution in [2.45, 2.75) is 6.18 Å². The molecular weight excluding hydrogens is 322 g/mol. The molecule has 0 N–H and O–H groups in total. The van der Waals surface area contributed by atoms with Crippen molar-refractivity contribution in [3.8, 4) is 17.3 Å². The van der Waals surface area contributed by atoms with Gasteiger partial charge in [-0.05, 0) is 6.07 Å². The van der Waals surface area contributed by atoms with Crippen molar-refractivity contribution in [1.29, 1.82) is 0 Å². The summed E-state index contributed by atoms with van der Waals surface area (Å²) in [6.45, 7) is 0. The van der Waals surface area contributed by atoms with E-state index in [4.69, 9.17) is 0 Å². The van der Waals surface area contributed by atoms with E-state index < -0.39 is 29.5 Å². The molecular formula is C13H11F4N3O3. The Morgan fingerprint density at radius 1 is 1.26 bits per heavy atom. The minimum atomic E-state index is -5.00. The van der Waals surface area contributed by atoms with Gasteiger partial charge >= 0.3 is 12.1 Å². The number of ether oxygens (including phenoxy) is 2. The number of carbonyl (C=O) groups excluding carboxylic acids is 1. The highest BCUT2D eigenvalue weighted by Gasteiger charge is 2.40. The second kappa shape index (κ2) is 5.86. The number of halogens is 4. The second-order valence-electron chi connectivity index (χ2n) is 4.44. The number of aromatic nitrogens is 3. The van der Waals surface area contributed by atoms with Gasteiger partial charge in [-0.3, -0.25) is 0 Å². The number of alkyl halides is 3. The predicted molar refractivity (Wildman–Crippen MR) is 69.3 cm³/mol. The minimum Gasteiger partial charge on any atom is -0.480 e. The van der Waals surface area contributed by atoms with Crippen LogP contribution in [0.15, 0.2) is 12.3 Å². The molecule has 0 aromatic carbocycles. The Kier molecular flexibility index (Phi) is 4.26. The third-order valence-electron chi connectivity index (χ3n) is 2.97. The molecule has 0 aliphatic rings. The Balaban J connectivity index is 2.58. The summed E-state index contributed by atoms with van der Waals surface area (Å²) in [5.41, 5.74) is -1.45. The van der Waals surface area contributed by atoms with Crippen molar-refractivity contribution in [3.63, 3.8) is 0 Å². The Morgan fingerprint density at radius 3 is 2.43 bits per heavy atom. The normalized spacial score (nSPS) is 11.4. The molecule has 6 nitrogen and oxygen atoms in total. The summed E-state index contributed by atoms with van der Waals surface area (Å²) in [6.07, 6.45) is -3.64. The van der Waals surface area contributed by atoms with E-state index in [0.717, 1.165) is 7.11 Å². The maximum atomic E-state index is 13.8. The average Bonchev–Trinajstić information content (AvgIpc) is 2.86. The highest BCUT2D eigenvalue weighted by atomic mass is 19.4. The summed E-state index contributed by atoms with van der Waals surface area (Å²) in [5, 5.41) is 0. The van der Waals surface area contributed by atoms with Crippen molar-refractivity contribution in [2.24, 2.45) is 7.05 Å². The maximum absolute atomic E-state index is 13.8. The molecule has 0 aliphatic carbocycles. The Hall–Kier alpha value is -2.65. The first-order valence-corrected chi connectivity index (χ1v) is 6.12. The molecule has 0 amide bonds. The van der Waals surface area contributed by atoms with Gasteiger partial charge < -0.3 is 14.0 Å². The van der Waals surface area contributed by atoms with E-state index in [2.05, 4.69) is 19.4 Å². The topological polar surface area (TPSA) is 66.2 Å². The van der Waals surface area contributed by atoms with Gasteiger partial charge in [-0.15, -0.1) is 0 Å². The third-order valence-corrected chi connectivity index (χ3v) is 2.97. The average molecular weight is 333 g/mol. The molecule has 0 unspecified atom stereocenters. The molecule has 2 heterocycles. The summed E-state index contributed by atoms with van der Waals surface area (Å²) in [5.74, 6) is -3.72. The van der Waals surface area contributed by atoms with Gasteiger partial charge in [0.2, 0.25) is 11.8 Å². The van der Waals surface area contributed by atoms with Crippen LogP contribution in [0.3, 0.4) is 0 Å². The fourth-order valence-corrected chi connectivity index (χ4v) is 1.92. The lowest BCUT2D eigenvalue weighted by molar-refractivity contribution is -0.142. The van der Waals surface area contributed by atoms with Gasteiger partial charge in [0.1, 0.15) is 5.69 Å². The van der Waals surface area contributed by atoms with E-state index in [1.54, 1.807) is 0 Å². The van der Waals surface area contributed by atoms with Crippen molar-refractivity contribution in [1.82, 2.24) is 14.5 Å². The van der Waals surface area contributed by atoms with E-state index in [1.807, 2.05) is 0 Å². The molecule has 2 aromatic heterocycles. The largest absolute Gasteiger partial charge is 0.480 e. The first-order valence-electron chi connectivity index (χ1n) is 6.12. The van der Waals surface area contributed by atoms with Crippen LogP contribution in [-0.4, -0.2) is 34.7 Å². The van der Waals surface area contributed by atoms with E-state index in [0.29, 0.717) is 0 Å². The fourth-order valence-electron chi connectivity index (χ4n) is 1.92. The molecule has 124 valence electrons. The summed E-state index contributed by atoms with van der Waals surface area (Å²) < 4.78 is 62.5. The van der Waals surface area contributed by atoms with Crippen LogP contribution in [-0.2, 0) is 18.0 Å². The van der Waals surface area contributed by atoms with Crippen LogP contribution in [0.1, 0.15) is 16.1 Å². The van der Waals surface area contributed by atoms with Crippen LogP contribution >= 0.6 is 0 Å². The van der Waals surface area contributed by atoms with Crippen LogP contribution < -0.4 is 4.74 Å². The highest BCUT2D eigenvalue weighted by Crippen LogP contribution is 2.37. The molecule has 0 radical (unpaired) electrons. The number of methoxy groups -OCH3 is 2. The first kappa shape index (κ1) is 16.7. The number of aryl methyl sites for hydroxylation is 1. The van der Waals surface area contributed by atoms with Crippen LogP contribution in [0.2, 0.25) is 0 Å². The number of hydrogen-bond acceptors (Lipinski definition) is 5. The lowest BCUT2D eigenvalue weighted by Crippen LogP contribution is -2.14. The molecule has 23 heavy (non-hydrogen) atoms. The summed E-state index contributed by atoms with van der Waals surface area (Å²) >= 11 is 0. The molecule has 2 rings (SSSR count). The van der Waals surface area contributed by atoms with Gasteiger partial charge in [0.15, 0.2) is 11.4 Å². The third kappa shape index (κ3) is 3.10. The lowest BCUT2D eigenvalue weighted by atomic mass is 10.2. The van der Waals surface area contributed by atoms with E-state index in [9.17, 15) is 22.4 Å². The first-order chi connectivity index (χ1) is 10.7. The zero-order valence-electron chi connectivity index (χ0n) is 12.2. The van der Waals surface area contributed by atoms with Crippen molar-refractivity contribution in [2.75, 3.05) is 14.2 Å². The smallest absolute Gasteiger partial charge is 0.426 e. The van der Waals surface area contributed by atoms with Crippen molar-refractivity contribution >= 4 is 5.97 Å². The lowest BCUT2D eigenvalue weighted by Gasteiger charge is -2.12.